The number of halogens is 1. The molecular formula is C23H17ClN2O2. The van der Waals surface area contributed by atoms with E-state index in [-0.39, 0.29) is 17.6 Å². The maximum atomic E-state index is 12.8. The lowest BCUT2D eigenvalue weighted by molar-refractivity contribution is 0.0934. The van der Waals surface area contributed by atoms with Crippen LogP contribution in [0.2, 0.25) is 5.02 Å². The summed E-state index contributed by atoms with van der Waals surface area (Å²) in [5, 5.41) is 7.63. The average molecular weight is 389 g/mol. The predicted octanol–water partition coefficient (Wildman–Crippen LogP) is 5.51. The molecule has 4 nitrogen and oxygen atoms in total. The molecule has 0 aliphatic carbocycles. The van der Waals surface area contributed by atoms with Crippen molar-refractivity contribution in [2.45, 2.75) is 6.04 Å². The molecule has 28 heavy (non-hydrogen) atoms. The van der Waals surface area contributed by atoms with Gasteiger partial charge in [0.1, 0.15) is 0 Å². The van der Waals surface area contributed by atoms with Crippen molar-refractivity contribution >= 4 is 17.5 Å². The summed E-state index contributed by atoms with van der Waals surface area (Å²) in [6.45, 7) is 0. The summed E-state index contributed by atoms with van der Waals surface area (Å²) >= 11 is 5.92. The van der Waals surface area contributed by atoms with Crippen LogP contribution in [0, 0.1) is 0 Å². The Labute approximate surface area is 167 Å². The van der Waals surface area contributed by atoms with Gasteiger partial charge in [-0.2, -0.15) is 0 Å². The second-order valence-electron chi connectivity index (χ2n) is 6.31. The van der Waals surface area contributed by atoms with E-state index in [9.17, 15) is 4.79 Å². The molecule has 0 aliphatic rings. The highest BCUT2D eigenvalue weighted by Gasteiger charge is 2.20. The van der Waals surface area contributed by atoms with Crippen LogP contribution in [0.25, 0.3) is 11.3 Å². The maximum Gasteiger partial charge on any atom is 0.274 e. The van der Waals surface area contributed by atoms with Crippen LogP contribution in [0.1, 0.15) is 27.7 Å². The Kier molecular flexibility index (Phi) is 5.22. The first-order chi connectivity index (χ1) is 13.7. The largest absolute Gasteiger partial charge is 0.355 e. The van der Waals surface area contributed by atoms with E-state index >= 15 is 0 Å². The van der Waals surface area contributed by atoms with Crippen molar-refractivity contribution in [3.63, 3.8) is 0 Å². The zero-order chi connectivity index (χ0) is 19.3. The molecule has 1 heterocycles. The van der Waals surface area contributed by atoms with Gasteiger partial charge in [-0.05, 0) is 35.4 Å². The van der Waals surface area contributed by atoms with Crippen molar-refractivity contribution in [3.05, 3.63) is 113 Å². The number of amides is 1. The Balaban J connectivity index is 1.59. The van der Waals surface area contributed by atoms with E-state index in [0.717, 1.165) is 16.7 Å². The Morgan fingerprint density at radius 1 is 0.857 bits per heavy atom. The summed E-state index contributed by atoms with van der Waals surface area (Å²) in [5.74, 6) is 0.208. The molecule has 0 fully saturated rings. The second-order valence-corrected chi connectivity index (χ2v) is 6.75. The molecule has 0 saturated carbocycles. The van der Waals surface area contributed by atoms with Crippen LogP contribution in [-0.4, -0.2) is 11.1 Å². The average Bonchev–Trinajstić information content (AvgIpc) is 3.24. The lowest BCUT2D eigenvalue weighted by Crippen LogP contribution is -2.29. The van der Waals surface area contributed by atoms with Gasteiger partial charge in [-0.15, -0.1) is 0 Å². The fraction of sp³-hybridized carbons (Fsp3) is 0.0435. The van der Waals surface area contributed by atoms with Gasteiger partial charge in [0.15, 0.2) is 11.5 Å². The first-order valence-corrected chi connectivity index (χ1v) is 9.22. The fourth-order valence-corrected chi connectivity index (χ4v) is 3.11. The number of rotatable bonds is 5. The zero-order valence-electron chi connectivity index (χ0n) is 14.9. The lowest BCUT2D eigenvalue weighted by atomic mass is 9.98. The smallest absolute Gasteiger partial charge is 0.274 e. The van der Waals surface area contributed by atoms with Gasteiger partial charge in [0.2, 0.25) is 0 Å². The monoisotopic (exact) mass is 388 g/mol. The molecule has 0 saturated heterocycles. The number of carbonyl (C=O) groups excluding carboxylic acids is 1. The first-order valence-electron chi connectivity index (χ1n) is 8.84. The molecule has 138 valence electrons. The predicted molar refractivity (Wildman–Crippen MR) is 109 cm³/mol. The van der Waals surface area contributed by atoms with Crippen molar-refractivity contribution in [1.29, 1.82) is 0 Å². The van der Waals surface area contributed by atoms with Gasteiger partial charge < -0.3 is 9.84 Å². The third-order valence-corrected chi connectivity index (χ3v) is 4.66. The van der Waals surface area contributed by atoms with Gasteiger partial charge in [0.05, 0.1) is 6.04 Å². The Bertz CT molecular complexity index is 1020. The summed E-state index contributed by atoms with van der Waals surface area (Å²) in [6, 6.07) is 28.2. The molecule has 1 amide bonds. The number of aromatic nitrogens is 1. The van der Waals surface area contributed by atoms with E-state index in [0.29, 0.717) is 10.8 Å². The molecule has 3 aromatic carbocycles. The van der Waals surface area contributed by atoms with Gasteiger partial charge in [0.25, 0.3) is 5.91 Å². The maximum absolute atomic E-state index is 12.8. The van der Waals surface area contributed by atoms with E-state index in [1.807, 2.05) is 72.8 Å². The molecule has 0 unspecified atom stereocenters. The lowest BCUT2D eigenvalue weighted by Gasteiger charge is -2.19. The summed E-state index contributed by atoms with van der Waals surface area (Å²) < 4.78 is 5.35. The third kappa shape index (κ3) is 3.97. The van der Waals surface area contributed by atoms with Crippen molar-refractivity contribution in [3.8, 4) is 11.3 Å². The van der Waals surface area contributed by atoms with Crippen LogP contribution >= 0.6 is 11.6 Å². The van der Waals surface area contributed by atoms with Crippen molar-refractivity contribution < 1.29 is 9.32 Å². The zero-order valence-corrected chi connectivity index (χ0v) is 15.6. The van der Waals surface area contributed by atoms with E-state index < -0.39 is 0 Å². The second kappa shape index (κ2) is 8.11. The molecule has 1 N–H and O–H groups in total. The number of nitrogens with one attached hydrogen (secondary N) is 1. The fourth-order valence-electron chi connectivity index (χ4n) is 2.99. The summed E-state index contributed by atoms with van der Waals surface area (Å²) in [4.78, 5) is 12.8. The normalized spacial score (nSPS) is 10.8. The Hall–Kier alpha value is -3.37. The van der Waals surface area contributed by atoms with Gasteiger partial charge in [-0.3, -0.25) is 4.79 Å². The van der Waals surface area contributed by atoms with E-state index in [1.54, 1.807) is 18.2 Å². The highest BCUT2D eigenvalue weighted by molar-refractivity contribution is 6.30. The molecule has 0 atom stereocenters. The topological polar surface area (TPSA) is 55.1 Å². The molecule has 0 radical (unpaired) electrons. The van der Waals surface area contributed by atoms with E-state index in [4.69, 9.17) is 16.1 Å². The summed E-state index contributed by atoms with van der Waals surface area (Å²) in [6.07, 6.45) is 0. The molecule has 4 aromatic rings. The molecule has 0 spiro atoms. The number of hydrogen-bond donors (Lipinski definition) is 1. The van der Waals surface area contributed by atoms with Crippen molar-refractivity contribution in [2.75, 3.05) is 0 Å². The first kappa shape index (κ1) is 18.0. The number of nitrogens with zero attached hydrogens (tertiary/aromatic N) is 1. The van der Waals surface area contributed by atoms with Crippen LogP contribution in [0.15, 0.2) is 95.5 Å². The van der Waals surface area contributed by atoms with Gasteiger partial charge in [-0.1, -0.05) is 77.4 Å². The van der Waals surface area contributed by atoms with Crippen LogP contribution in [0.3, 0.4) is 0 Å². The molecule has 4 rings (SSSR count). The minimum atomic E-state index is -0.304. The minimum Gasteiger partial charge on any atom is -0.355 e. The highest BCUT2D eigenvalue weighted by Crippen LogP contribution is 2.24. The van der Waals surface area contributed by atoms with Crippen LogP contribution in [0.5, 0.6) is 0 Å². The number of benzene rings is 3. The molecule has 0 aliphatic heterocycles. The highest BCUT2D eigenvalue weighted by atomic mass is 35.5. The van der Waals surface area contributed by atoms with Gasteiger partial charge in [-0.25, -0.2) is 0 Å². The van der Waals surface area contributed by atoms with Crippen LogP contribution in [0.4, 0.5) is 0 Å². The molecule has 5 heteroatoms. The van der Waals surface area contributed by atoms with Crippen LogP contribution < -0.4 is 5.32 Å². The Morgan fingerprint density at radius 2 is 1.43 bits per heavy atom. The van der Waals surface area contributed by atoms with E-state index in [1.165, 1.54) is 0 Å². The summed E-state index contributed by atoms with van der Waals surface area (Å²) in [7, 11) is 0. The molecular weight excluding hydrogens is 372 g/mol. The SMILES string of the molecule is O=C(NC(c1ccccc1)c1ccccc1)c1cc(-c2ccc(Cl)cc2)on1. The van der Waals surface area contributed by atoms with E-state index in [2.05, 4.69) is 10.5 Å². The molecule has 0 bridgehead atoms. The van der Waals surface area contributed by atoms with Gasteiger partial charge in [0, 0.05) is 16.7 Å². The van der Waals surface area contributed by atoms with Crippen LogP contribution in [-0.2, 0) is 0 Å². The van der Waals surface area contributed by atoms with Crippen molar-refractivity contribution in [2.24, 2.45) is 0 Å². The van der Waals surface area contributed by atoms with Gasteiger partial charge >= 0.3 is 0 Å². The number of hydrogen-bond acceptors (Lipinski definition) is 3. The summed E-state index contributed by atoms with van der Waals surface area (Å²) in [5.41, 5.74) is 3.01. The standard InChI is InChI=1S/C23H17ClN2O2/c24-19-13-11-16(12-14-19)21-15-20(26-28-21)23(27)25-22(17-7-3-1-4-8-17)18-9-5-2-6-10-18/h1-15,22H,(H,25,27). The number of carbonyl (C=O) groups is 1. The third-order valence-electron chi connectivity index (χ3n) is 4.41. The van der Waals surface area contributed by atoms with Crippen molar-refractivity contribution in [1.82, 2.24) is 10.5 Å². The quantitative estimate of drug-likeness (QED) is 0.490. The minimum absolute atomic E-state index is 0.224. The Morgan fingerprint density at radius 3 is 2.00 bits per heavy atom. The molecule has 1 aromatic heterocycles.